The fourth-order valence-electron chi connectivity index (χ4n) is 4.50. The number of hydrogen-bond acceptors (Lipinski definition) is 1. The van der Waals surface area contributed by atoms with Gasteiger partial charge in [0.1, 0.15) is 5.82 Å². The molecule has 1 fully saturated rings. The predicted octanol–water partition coefficient (Wildman–Crippen LogP) is 4.48. The Morgan fingerprint density at radius 1 is 1.12 bits per heavy atom. The number of nitrogens with zero attached hydrogens (tertiary/aromatic N) is 1. The third kappa shape index (κ3) is 3.46. The second kappa shape index (κ2) is 6.99. The summed E-state index contributed by atoms with van der Waals surface area (Å²) in [6.45, 7) is 0.840. The van der Waals surface area contributed by atoms with Crippen LogP contribution in [0.15, 0.2) is 48.5 Å². The normalized spacial score (nSPS) is 22.2. The van der Waals surface area contributed by atoms with Gasteiger partial charge in [0, 0.05) is 19.0 Å². The van der Waals surface area contributed by atoms with Crippen LogP contribution in [0, 0.1) is 5.82 Å². The van der Waals surface area contributed by atoms with Crippen LogP contribution in [0.2, 0.25) is 0 Å². The Kier molecular flexibility index (Phi) is 4.56. The van der Waals surface area contributed by atoms with Gasteiger partial charge < -0.3 is 4.90 Å². The molecule has 1 amide bonds. The Morgan fingerprint density at radius 3 is 2.88 bits per heavy atom. The van der Waals surface area contributed by atoms with Crippen LogP contribution in [0.5, 0.6) is 0 Å². The molecule has 130 valence electrons. The second-order valence-corrected chi connectivity index (χ2v) is 7.36. The fraction of sp³-hybridized carbons (Fsp3) is 0.409. The summed E-state index contributed by atoms with van der Waals surface area (Å²) >= 11 is 0. The van der Waals surface area contributed by atoms with Crippen LogP contribution >= 0.6 is 0 Å². The van der Waals surface area contributed by atoms with Crippen molar-refractivity contribution in [3.05, 3.63) is 71.0 Å². The minimum Gasteiger partial charge on any atom is -0.339 e. The summed E-state index contributed by atoms with van der Waals surface area (Å²) in [6, 6.07) is 15.5. The van der Waals surface area contributed by atoms with Crippen LogP contribution in [-0.2, 0) is 17.6 Å². The van der Waals surface area contributed by atoms with Gasteiger partial charge >= 0.3 is 0 Å². The summed E-state index contributed by atoms with van der Waals surface area (Å²) in [7, 11) is 0. The Labute approximate surface area is 148 Å². The van der Waals surface area contributed by atoms with E-state index in [9.17, 15) is 9.18 Å². The van der Waals surface area contributed by atoms with Gasteiger partial charge in [0.15, 0.2) is 0 Å². The zero-order chi connectivity index (χ0) is 17.2. The number of amides is 1. The third-order valence-corrected chi connectivity index (χ3v) is 5.74. The van der Waals surface area contributed by atoms with Gasteiger partial charge in [-0.1, -0.05) is 36.4 Å². The molecule has 0 bridgehead atoms. The number of hydrogen-bond donors (Lipinski definition) is 0. The molecule has 4 rings (SSSR count). The van der Waals surface area contributed by atoms with Crippen molar-refractivity contribution in [3.8, 4) is 0 Å². The van der Waals surface area contributed by atoms with Crippen LogP contribution in [0.25, 0.3) is 0 Å². The summed E-state index contributed by atoms with van der Waals surface area (Å²) in [5, 5.41) is 0. The van der Waals surface area contributed by atoms with Crippen molar-refractivity contribution in [1.29, 1.82) is 0 Å². The lowest BCUT2D eigenvalue weighted by molar-refractivity contribution is -0.132. The van der Waals surface area contributed by atoms with Crippen molar-refractivity contribution in [2.45, 2.75) is 50.5 Å². The summed E-state index contributed by atoms with van der Waals surface area (Å²) < 4.78 is 13.4. The molecule has 3 heteroatoms. The number of carbonyl (C=O) groups is 1. The van der Waals surface area contributed by atoms with Crippen molar-refractivity contribution in [3.63, 3.8) is 0 Å². The molecule has 0 spiro atoms. The zero-order valence-electron chi connectivity index (χ0n) is 14.5. The molecular weight excluding hydrogens is 313 g/mol. The molecule has 2 unspecified atom stereocenters. The molecule has 0 saturated carbocycles. The number of benzene rings is 2. The number of rotatable bonds is 4. The summed E-state index contributed by atoms with van der Waals surface area (Å²) in [6.07, 6.45) is 5.59. The maximum Gasteiger partial charge on any atom is 0.223 e. The minimum atomic E-state index is -0.198. The quantitative estimate of drug-likeness (QED) is 0.805. The van der Waals surface area contributed by atoms with E-state index < -0.39 is 0 Å². The van der Waals surface area contributed by atoms with Crippen molar-refractivity contribution in [2.75, 3.05) is 6.54 Å². The molecule has 2 atom stereocenters. The molecule has 2 aromatic carbocycles. The molecule has 1 saturated heterocycles. The highest BCUT2D eigenvalue weighted by molar-refractivity contribution is 5.78. The third-order valence-electron chi connectivity index (χ3n) is 5.74. The lowest BCUT2D eigenvalue weighted by Crippen LogP contribution is -2.37. The van der Waals surface area contributed by atoms with Gasteiger partial charge in [0.25, 0.3) is 0 Å². The number of halogens is 1. The average molecular weight is 337 g/mol. The van der Waals surface area contributed by atoms with Gasteiger partial charge in [0.05, 0.1) is 0 Å². The molecule has 25 heavy (non-hydrogen) atoms. The Morgan fingerprint density at radius 2 is 2.00 bits per heavy atom. The maximum absolute atomic E-state index is 13.4. The van der Waals surface area contributed by atoms with E-state index >= 15 is 0 Å². The predicted molar refractivity (Wildman–Crippen MR) is 97.0 cm³/mol. The van der Waals surface area contributed by atoms with E-state index in [2.05, 4.69) is 24.3 Å². The molecule has 2 nitrogen and oxygen atoms in total. The van der Waals surface area contributed by atoms with E-state index in [0.29, 0.717) is 12.3 Å². The molecule has 0 N–H and O–H groups in total. The summed E-state index contributed by atoms with van der Waals surface area (Å²) in [5.41, 5.74) is 3.74. The minimum absolute atomic E-state index is 0.198. The Hall–Kier alpha value is -2.16. The molecular formula is C22H24FNO. The van der Waals surface area contributed by atoms with Gasteiger partial charge in [0.2, 0.25) is 5.91 Å². The van der Waals surface area contributed by atoms with Crippen molar-refractivity contribution < 1.29 is 9.18 Å². The van der Waals surface area contributed by atoms with E-state index in [4.69, 9.17) is 0 Å². The highest BCUT2D eigenvalue weighted by Crippen LogP contribution is 2.36. The molecule has 1 heterocycles. The SMILES string of the molecule is O=C(CC1CCc2ccccc21)N1CCCC1Cc1cccc(F)c1. The van der Waals surface area contributed by atoms with E-state index in [1.165, 1.54) is 17.2 Å². The average Bonchev–Trinajstić information content (AvgIpc) is 3.22. The first-order chi connectivity index (χ1) is 12.2. The van der Waals surface area contributed by atoms with E-state index in [1.54, 1.807) is 12.1 Å². The summed E-state index contributed by atoms with van der Waals surface area (Å²) in [4.78, 5) is 15.0. The number of aryl methyl sites for hydroxylation is 1. The van der Waals surface area contributed by atoms with E-state index in [1.807, 2.05) is 11.0 Å². The molecule has 0 radical (unpaired) electrons. The number of likely N-dealkylation sites (tertiary alicyclic amines) is 1. The smallest absolute Gasteiger partial charge is 0.223 e. The molecule has 0 aromatic heterocycles. The monoisotopic (exact) mass is 337 g/mol. The summed E-state index contributed by atoms with van der Waals surface area (Å²) in [5.74, 6) is 0.427. The van der Waals surface area contributed by atoms with Gasteiger partial charge in [-0.3, -0.25) is 4.79 Å². The first-order valence-corrected chi connectivity index (χ1v) is 9.32. The van der Waals surface area contributed by atoms with Crippen molar-refractivity contribution in [1.82, 2.24) is 4.90 Å². The lowest BCUT2D eigenvalue weighted by Gasteiger charge is -2.26. The highest BCUT2D eigenvalue weighted by atomic mass is 19.1. The van der Waals surface area contributed by atoms with E-state index in [-0.39, 0.29) is 17.8 Å². The van der Waals surface area contributed by atoms with Crippen LogP contribution in [0.1, 0.15) is 48.3 Å². The van der Waals surface area contributed by atoms with E-state index in [0.717, 1.165) is 44.2 Å². The highest BCUT2D eigenvalue weighted by Gasteiger charge is 2.32. The van der Waals surface area contributed by atoms with Gasteiger partial charge in [-0.05, 0) is 66.8 Å². The first kappa shape index (κ1) is 16.3. The Balaban J connectivity index is 1.43. The molecule has 1 aliphatic carbocycles. The van der Waals surface area contributed by atoms with Crippen LogP contribution in [-0.4, -0.2) is 23.4 Å². The Bertz CT molecular complexity index is 772. The van der Waals surface area contributed by atoms with Gasteiger partial charge in [-0.25, -0.2) is 4.39 Å². The zero-order valence-corrected chi connectivity index (χ0v) is 14.5. The van der Waals surface area contributed by atoms with Crippen LogP contribution in [0.3, 0.4) is 0 Å². The van der Waals surface area contributed by atoms with Gasteiger partial charge in [-0.2, -0.15) is 0 Å². The number of carbonyl (C=O) groups excluding carboxylic acids is 1. The largest absolute Gasteiger partial charge is 0.339 e. The molecule has 1 aliphatic heterocycles. The van der Waals surface area contributed by atoms with Crippen LogP contribution < -0.4 is 0 Å². The topological polar surface area (TPSA) is 20.3 Å². The molecule has 2 aromatic rings. The van der Waals surface area contributed by atoms with Crippen molar-refractivity contribution in [2.24, 2.45) is 0 Å². The van der Waals surface area contributed by atoms with Crippen molar-refractivity contribution >= 4 is 5.91 Å². The van der Waals surface area contributed by atoms with Gasteiger partial charge in [-0.15, -0.1) is 0 Å². The molecule has 2 aliphatic rings. The lowest BCUT2D eigenvalue weighted by atomic mass is 9.96. The standard InChI is InChI=1S/C22H24FNO/c23-19-7-3-5-16(13-19)14-20-8-4-12-24(20)22(25)15-18-11-10-17-6-1-2-9-21(17)18/h1-3,5-7,9,13,18,20H,4,8,10-12,14-15H2. The second-order valence-electron chi connectivity index (χ2n) is 7.36. The maximum atomic E-state index is 13.4. The fourth-order valence-corrected chi connectivity index (χ4v) is 4.50. The number of fused-ring (bicyclic) bond motifs is 1. The first-order valence-electron chi connectivity index (χ1n) is 9.32. The van der Waals surface area contributed by atoms with Crippen LogP contribution in [0.4, 0.5) is 4.39 Å².